The second kappa shape index (κ2) is 6.42. The number of nitrogen functional groups attached to an aromatic ring is 1. The first-order valence-corrected chi connectivity index (χ1v) is 6.07. The summed E-state index contributed by atoms with van der Waals surface area (Å²) in [5.74, 6) is -0.0299. The molecule has 0 aliphatic carbocycles. The molecule has 104 valence electrons. The summed E-state index contributed by atoms with van der Waals surface area (Å²) in [7, 11) is 0. The van der Waals surface area contributed by atoms with Gasteiger partial charge in [-0.1, -0.05) is 18.2 Å². The van der Waals surface area contributed by atoms with Gasteiger partial charge in [-0.15, -0.1) is 0 Å². The number of nitrogens with two attached hydrogens (primary N) is 1. The van der Waals surface area contributed by atoms with E-state index in [2.05, 4.69) is 10.3 Å². The van der Waals surface area contributed by atoms with Gasteiger partial charge < -0.3 is 20.9 Å². The van der Waals surface area contributed by atoms with Crippen molar-refractivity contribution in [2.24, 2.45) is 0 Å². The van der Waals surface area contributed by atoms with E-state index in [9.17, 15) is 4.79 Å². The van der Waals surface area contributed by atoms with Crippen molar-refractivity contribution in [2.45, 2.75) is 0 Å². The van der Waals surface area contributed by atoms with E-state index in [1.54, 1.807) is 0 Å². The molecule has 0 spiro atoms. The van der Waals surface area contributed by atoms with Gasteiger partial charge in [0.15, 0.2) is 0 Å². The van der Waals surface area contributed by atoms with Gasteiger partial charge in [0.25, 0.3) is 0 Å². The Morgan fingerprint density at radius 2 is 2.10 bits per heavy atom. The third-order valence-electron chi connectivity index (χ3n) is 2.55. The molecule has 1 aromatic heterocycles. The molecule has 1 aromatic carbocycles. The van der Waals surface area contributed by atoms with Crippen molar-refractivity contribution >= 4 is 17.5 Å². The molecule has 0 aliphatic rings. The van der Waals surface area contributed by atoms with Crippen LogP contribution in [0.15, 0.2) is 42.6 Å². The summed E-state index contributed by atoms with van der Waals surface area (Å²) in [5.41, 5.74) is 5.88. The molecule has 0 aliphatic heterocycles. The monoisotopic (exact) mass is 273 g/mol. The minimum atomic E-state index is -1.07. The molecule has 1 heterocycles. The molecule has 2 rings (SSSR count). The van der Waals surface area contributed by atoms with Crippen molar-refractivity contribution in [2.75, 3.05) is 24.2 Å². The number of nitrogens with zero attached hydrogens (tertiary/aromatic N) is 1. The zero-order chi connectivity index (χ0) is 14.4. The fourth-order valence-electron chi connectivity index (χ4n) is 1.64. The van der Waals surface area contributed by atoms with Crippen LogP contribution in [0.4, 0.5) is 11.5 Å². The first-order chi connectivity index (χ1) is 9.66. The largest absolute Gasteiger partial charge is 0.492 e. The minimum Gasteiger partial charge on any atom is -0.492 e. The van der Waals surface area contributed by atoms with Crippen LogP contribution < -0.4 is 15.8 Å². The number of carboxylic acids is 1. The summed E-state index contributed by atoms with van der Waals surface area (Å²) < 4.78 is 5.49. The summed E-state index contributed by atoms with van der Waals surface area (Å²) in [4.78, 5) is 15.0. The number of aromatic carboxylic acids is 1. The van der Waals surface area contributed by atoms with E-state index in [0.717, 1.165) is 5.75 Å². The molecule has 20 heavy (non-hydrogen) atoms. The average molecular weight is 273 g/mol. The lowest BCUT2D eigenvalue weighted by molar-refractivity contribution is 0.0697. The van der Waals surface area contributed by atoms with Crippen molar-refractivity contribution in [1.29, 1.82) is 0 Å². The molecule has 0 amide bonds. The Morgan fingerprint density at radius 3 is 2.80 bits per heavy atom. The third-order valence-corrected chi connectivity index (χ3v) is 2.55. The number of para-hydroxylation sites is 1. The Hall–Kier alpha value is -2.76. The van der Waals surface area contributed by atoms with Crippen LogP contribution in [0.5, 0.6) is 5.75 Å². The Balaban J connectivity index is 1.90. The molecule has 0 unspecified atom stereocenters. The fraction of sp³-hybridized carbons (Fsp3) is 0.143. The number of hydrogen-bond acceptors (Lipinski definition) is 5. The van der Waals surface area contributed by atoms with Crippen LogP contribution >= 0.6 is 0 Å². The van der Waals surface area contributed by atoms with Crippen molar-refractivity contribution in [3.05, 3.63) is 48.2 Å². The van der Waals surface area contributed by atoms with Gasteiger partial charge in [0.1, 0.15) is 23.7 Å². The topological polar surface area (TPSA) is 97.5 Å². The molecule has 6 nitrogen and oxygen atoms in total. The summed E-state index contributed by atoms with van der Waals surface area (Å²) in [6.07, 6.45) is 1.41. The maximum absolute atomic E-state index is 11.1. The Morgan fingerprint density at radius 1 is 1.35 bits per heavy atom. The molecule has 2 aromatic rings. The van der Waals surface area contributed by atoms with Gasteiger partial charge in [-0.2, -0.15) is 0 Å². The Labute approximate surface area is 116 Å². The Kier molecular flexibility index (Phi) is 4.39. The number of hydrogen-bond donors (Lipinski definition) is 3. The van der Waals surface area contributed by atoms with Crippen LogP contribution in [0, 0.1) is 0 Å². The van der Waals surface area contributed by atoms with Gasteiger partial charge >= 0.3 is 5.97 Å². The zero-order valence-corrected chi connectivity index (χ0v) is 10.7. The molecule has 6 heteroatoms. The lowest BCUT2D eigenvalue weighted by Crippen LogP contribution is -2.15. The Bertz CT molecular complexity index is 587. The van der Waals surface area contributed by atoms with Crippen LogP contribution in [0.2, 0.25) is 0 Å². The molecular formula is C14H15N3O3. The highest BCUT2D eigenvalue weighted by Gasteiger charge is 2.11. The number of benzene rings is 1. The van der Waals surface area contributed by atoms with Gasteiger partial charge in [-0.25, -0.2) is 9.78 Å². The van der Waals surface area contributed by atoms with E-state index in [0.29, 0.717) is 18.8 Å². The summed E-state index contributed by atoms with van der Waals surface area (Å²) in [5, 5.41) is 12.0. The second-order valence-electron chi connectivity index (χ2n) is 4.06. The van der Waals surface area contributed by atoms with E-state index in [1.165, 1.54) is 12.3 Å². The minimum absolute atomic E-state index is 0.0460. The fourth-order valence-corrected chi connectivity index (χ4v) is 1.64. The number of carboxylic acid groups (broad SMARTS) is 1. The lowest BCUT2D eigenvalue weighted by atomic mass is 10.2. The average Bonchev–Trinajstić information content (AvgIpc) is 2.45. The normalized spacial score (nSPS) is 10.0. The summed E-state index contributed by atoms with van der Waals surface area (Å²) in [6.45, 7) is 0.835. The first kappa shape index (κ1) is 13.7. The van der Waals surface area contributed by atoms with Crippen molar-refractivity contribution < 1.29 is 14.6 Å². The highest BCUT2D eigenvalue weighted by atomic mass is 16.5. The zero-order valence-electron chi connectivity index (χ0n) is 10.7. The number of pyridine rings is 1. The van der Waals surface area contributed by atoms with E-state index in [4.69, 9.17) is 15.6 Å². The highest BCUT2D eigenvalue weighted by Crippen LogP contribution is 2.15. The molecule has 0 saturated carbocycles. The first-order valence-electron chi connectivity index (χ1n) is 6.07. The van der Waals surface area contributed by atoms with Crippen molar-refractivity contribution in [3.63, 3.8) is 0 Å². The summed E-state index contributed by atoms with van der Waals surface area (Å²) >= 11 is 0. The van der Waals surface area contributed by atoms with Crippen LogP contribution in [-0.2, 0) is 0 Å². The van der Waals surface area contributed by atoms with Gasteiger partial charge in [0.2, 0.25) is 0 Å². The number of anilines is 2. The van der Waals surface area contributed by atoms with E-state index >= 15 is 0 Å². The lowest BCUT2D eigenvalue weighted by Gasteiger charge is -2.10. The maximum atomic E-state index is 11.1. The third kappa shape index (κ3) is 3.61. The van der Waals surface area contributed by atoms with Crippen LogP contribution in [-0.4, -0.2) is 29.2 Å². The van der Waals surface area contributed by atoms with Crippen molar-refractivity contribution in [1.82, 2.24) is 4.98 Å². The van der Waals surface area contributed by atoms with Crippen LogP contribution in [0.25, 0.3) is 0 Å². The number of ether oxygens (including phenoxy) is 1. The molecular weight excluding hydrogens is 258 g/mol. The van der Waals surface area contributed by atoms with Gasteiger partial charge in [-0.05, 0) is 18.2 Å². The molecule has 0 atom stereocenters. The van der Waals surface area contributed by atoms with Gasteiger partial charge in [-0.3, -0.25) is 0 Å². The SMILES string of the molecule is Nc1cnc(NCCOc2ccccc2)c(C(=O)O)c1. The van der Waals surface area contributed by atoms with Crippen LogP contribution in [0.1, 0.15) is 10.4 Å². The van der Waals surface area contributed by atoms with E-state index in [1.807, 2.05) is 30.3 Å². The number of aromatic nitrogens is 1. The molecule has 4 N–H and O–H groups in total. The maximum Gasteiger partial charge on any atom is 0.339 e. The quantitative estimate of drug-likeness (QED) is 0.695. The van der Waals surface area contributed by atoms with Crippen molar-refractivity contribution in [3.8, 4) is 5.75 Å². The molecule has 0 radical (unpaired) electrons. The van der Waals surface area contributed by atoms with Gasteiger partial charge in [0, 0.05) is 0 Å². The summed E-state index contributed by atoms with van der Waals surface area (Å²) in [6, 6.07) is 10.7. The predicted molar refractivity (Wildman–Crippen MR) is 76.0 cm³/mol. The number of carbonyl (C=O) groups is 1. The predicted octanol–water partition coefficient (Wildman–Crippen LogP) is 1.85. The smallest absolute Gasteiger partial charge is 0.339 e. The van der Waals surface area contributed by atoms with E-state index < -0.39 is 5.97 Å². The molecule has 0 saturated heterocycles. The molecule has 0 fully saturated rings. The van der Waals surface area contributed by atoms with Crippen LogP contribution in [0.3, 0.4) is 0 Å². The highest BCUT2D eigenvalue weighted by molar-refractivity contribution is 5.94. The standard InChI is InChI=1S/C14H15N3O3/c15-10-8-12(14(18)19)13(17-9-10)16-6-7-20-11-4-2-1-3-5-11/h1-5,8-9H,6-7,15H2,(H,16,17)(H,18,19). The number of nitrogens with one attached hydrogen (secondary N) is 1. The molecule has 0 bridgehead atoms. The van der Waals surface area contributed by atoms with E-state index in [-0.39, 0.29) is 11.4 Å². The van der Waals surface area contributed by atoms with Gasteiger partial charge in [0.05, 0.1) is 18.4 Å². The number of rotatable bonds is 6. The second-order valence-corrected chi connectivity index (χ2v) is 4.06.